The van der Waals surface area contributed by atoms with Crippen LogP contribution in [0.5, 0.6) is 0 Å². The third-order valence-electron chi connectivity index (χ3n) is 3.85. The topological polar surface area (TPSA) is 54.0 Å². The minimum Gasteiger partial charge on any atom is -0.349 e. The monoisotopic (exact) mass is 419 g/mol. The van der Waals surface area contributed by atoms with Crippen molar-refractivity contribution >= 4 is 53.8 Å². The Labute approximate surface area is 169 Å². The SMILES string of the molecule is Cc1nc(CSc2ccccc2C(=O)NC2CCNCC2)cs1.Cl.Cl. The Bertz CT molecular complexity index is 675. The Morgan fingerprint density at radius 2 is 2.04 bits per heavy atom. The summed E-state index contributed by atoms with van der Waals surface area (Å²) in [5.41, 5.74) is 1.84. The Balaban J connectivity index is 0.00000156. The number of hydrogen-bond acceptors (Lipinski definition) is 5. The van der Waals surface area contributed by atoms with E-state index in [1.54, 1.807) is 23.1 Å². The lowest BCUT2D eigenvalue weighted by molar-refractivity contribution is 0.0926. The summed E-state index contributed by atoms with van der Waals surface area (Å²) >= 11 is 3.34. The number of nitrogens with one attached hydrogen (secondary N) is 2. The lowest BCUT2D eigenvalue weighted by atomic mass is 10.1. The second kappa shape index (κ2) is 11.0. The van der Waals surface area contributed by atoms with Crippen molar-refractivity contribution in [2.24, 2.45) is 0 Å². The van der Waals surface area contributed by atoms with Crippen LogP contribution < -0.4 is 10.6 Å². The molecule has 1 aromatic heterocycles. The molecule has 8 heteroatoms. The molecule has 4 nitrogen and oxygen atoms in total. The highest BCUT2D eigenvalue weighted by Crippen LogP contribution is 2.27. The summed E-state index contributed by atoms with van der Waals surface area (Å²) in [5.74, 6) is 0.830. The molecule has 1 amide bonds. The van der Waals surface area contributed by atoms with Crippen LogP contribution >= 0.6 is 47.9 Å². The van der Waals surface area contributed by atoms with E-state index in [9.17, 15) is 4.79 Å². The quantitative estimate of drug-likeness (QED) is 0.716. The zero-order valence-electron chi connectivity index (χ0n) is 14.0. The van der Waals surface area contributed by atoms with Gasteiger partial charge in [0.2, 0.25) is 0 Å². The van der Waals surface area contributed by atoms with Crippen molar-refractivity contribution in [3.63, 3.8) is 0 Å². The van der Waals surface area contributed by atoms with E-state index in [1.807, 2.05) is 31.2 Å². The fourth-order valence-electron chi connectivity index (χ4n) is 2.64. The van der Waals surface area contributed by atoms with Crippen molar-refractivity contribution in [3.8, 4) is 0 Å². The Kier molecular flexibility index (Phi) is 9.82. The maximum atomic E-state index is 12.6. The minimum atomic E-state index is 0. The van der Waals surface area contributed by atoms with Crippen LogP contribution in [-0.2, 0) is 5.75 Å². The second-order valence-electron chi connectivity index (χ2n) is 5.64. The van der Waals surface area contributed by atoms with Gasteiger partial charge in [0, 0.05) is 22.1 Å². The molecule has 0 atom stereocenters. The predicted molar refractivity (Wildman–Crippen MR) is 111 cm³/mol. The van der Waals surface area contributed by atoms with Crippen LogP contribution in [0.15, 0.2) is 34.5 Å². The van der Waals surface area contributed by atoms with Crippen molar-refractivity contribution in [1.29, 1.82) is 0 Å². The van der Waals surface area contributed by atoms with Gasteiger partial charge in [0.05, 0.1) is 16.3 Å². The highest BCUT2D eigenvalue weighted by Gasteiger charge is 2.18. The number of piperidine rings is 1. The van der Waals surface area contributed by atoms with E-state index < -0.39 is 0 Å². The smallest absolute Gasteiger partial charge is 0.252 e. The van der Waals surface area contributed by atoms with E-state index in [0.717, 1.165) is 52.8 Å². The Morgan fingerprint density at radius 1 is 1.32 bits per heavy atom. The van der Waals surface area contributed by atoms with Crippen LogP contribution in [0, 0.1) is 6.92 Å². The van der Waals surface area contributed by atoms with Crippen molar-refractivity contribution in [2.45, 2.75) is 36.5 Å². The van der Waals surface area contributed by atoms with Crippen LogP contribution in [0.1, 0.15) is 33.9 Å². The average Bonchev–Trinajstić information content (AvgIpc) is 2.99. The van der Waals surface area contributed by atoms with E-state index in [4.69, 9.17) is 0 Å². The maximum Gasteiger partial charge on any atom is 0.252 e. The maximum absolute atomic E-state index is 12.6. The van der Waals surface area contributed by atoms with Gasteiger partial charge < -0.3 is 10.6 Å². The molecule has 0 radical (unpaired) electrons. The fourth-order valence-corrected chi connectivity index (χ4v) is 4.30. The first-order valence-corrected chi connectivity index (χ1v) is 9.73. The molecule has 0 spiro atoms. The number of aryl methyl sites for hydroxylation is 1. The molecule has 0 saturated carbocycles. The molecule has 0 unspecified atom stereocenters. The summed E-state index contributed by atoms with van der Waals surface area (Å²) in [5, 5.41) is 9.65. The summed E-state index contributed by atoms with van der Waals surface area (Å²) in [6.45, 7) is 3.97. The average molecular weight is 420 g/mol. The van der Waals surface area contributed by atoms with Gasteiger partial charge >= 0.3 is 0 Å². The predicted octanol–water partition coefficient (Wildman–Crippen LogP) is 4.07. The van der Waals surface area contributed by atoms with Crippen LogP contribution in [0.25, 0.3) is 0 Å². The molecule has 25 heavy (non-hydrogen) atoms. The van der Waals surface area contributed by atoms with Gasteiger partial charge in [0.25, 0.3) is 5.91 Å². The Morgan fingerprint density at radius 3 is 2.72 bits per heavy atom. The van der Waals surface area contributed by atoms with Crippen molar-refractivity contribution < 1.29 is 4.79 Å². The van der Waals surface area contributed by atoms with Gasteiger partial charge in [-0.15, -0.1) is 47.9 Å². The molecule has 2 heterocycles. The van der Waals surface area contributed by atoms with Gasteiger partial charge in [-0.25, -0.2) is 4.98 Å². The molecule has 3 rings (SSSR count). The van der Waals surface area contributed by atoms with Gasteiger partial charge in [0.15, 0.2) is 0 Å². The molecule has 1 aliphatic rings. The summed E-state index contributed by atoms with van der Waals surface area (Å²) in [6.07, 6.45) is 2.00. The van der Waals surface area contributed by atoms with Crippen LogP contribution in [0.4, 0.5) is 0 Å². The Hall–Kier alpha value is -0.790. The first-order chi connectivity index (χ1) is 11.2. The highest BCUT2D eigenvalue weighted by molar-refractivity contribution is 7.98. The highest BCUT2D eigenvalue weighted by atomic mass is 35.5. The summed E-state index contributed by atoms with van der Waals surface area (Å²) in [4.78, 5) is 18.1. The standard InChI is InChI=1S/C17H21N3OS2.2ClH/c1-12-19-14(10-22-12)11-23-16-5-3-2-4-15(16)17(21)20-13-6-8-18-9-7-13;;/h2-5,10,13,18H,6-9,11H2,1H3,(H,20,21);2*1H. The molecule has 0 aliphatic carbocycles. The largest absolute Gasteiger partial charge is 0.349 e. The van der Waals surface area contributed by atoms with Crippen molar-refractivity contribution in [1.82, 2.24) is 15.6 Å². The number of nitrogens with zero attached hydrogens (tertiary/aromatic N) is 1. The van der Waals surface area contributed by atoms with Crippen LogP contribution in [-0.4, -0.2) is 30.0 Å². The first kappa shape index (κ1) is 22.3. The van der Waals surface area contributed by atoms with E-state index in [-0.39, 0.29) is 36.8 Å². The molecule has 1 aromatic carbocycles. The van der Waals surface area contributed by atoms with Crippen LogP contribution in [0.3, 0.4) is 0 Å². The lowest BCUT2D eigenvalue weighted by Gasteiger charge is -2.24. The zero-order chi connectivity index (χ0) is 16.1. The zero-order valence-corrected chi connectivity index (χ0v) is 17.3. The third kappa shape index (κ3) is 6.46. The van der Waals surface area contributed by atoms with Crippen molar-refractivity contribution in [2.75, 3.05) is 13.1 Å². The molecular formula is C17H23Cl2N3OS2. The molecule has 0 bridgehead atoms. The summed E-state index contributed by atoms with van der Waals surface area (Å²) in [6, 6.07) is 8.11. The number of hydrogen-bond donors (Lipinski definition) is 2. The third-order valence-corrected chi connectivity index (χ3v) is 5.78. The number of carbonyl (C=O) groups excluding carboxylic acids is 1. The number of thioether (sulfide) groups is 1. The van der Waals surface area contributed by atoms with E-state index in [1.165, 1.54) is 0 Å². The summed E-state index contributed by atoms with van der Waals surface area (Å²) < 4.78 is 0. The first-order valence-electron chi connectivity index (χ1n) is 7.87. The number of amides is 1. The molecule has 1 saturated heterocycles. The molecule has 1 fully saturated rings. The molecule has 2 aromatic rings. The number of aromatic nitrogens is 1. The normalized spacial score (nSPS) is 14.3. The minimum absolute atomic E-state index is 0. The summed E-state index contributed by atoms with van der Waals surface area (Å²) in [7, 11) is 0. The lowest BCUT2D eigenvalue weighted by Crippen LogP contribution is -2.42. The molecular weight excluding hydrogens is 397 g/mol. The van der Waals surface area contributed by atoms with Crippen molar-refractivity contribution in [3.05, 3.63) is 45.9 Å². The van der Waals surface area contributed by atoms with E-state index >= 15 is 0 Å². The van der Waals surface area contributed by atoms with Gasteiger partial charge in [0.1, 0.15) is 0 Å². The van der Waals surface area contributed by atoms with Crippen LogP contribution in [0.2, 0.25) is 0 Å². The van der Waals surface area contributed by atoms with Gasteiger partial charge in [-0.05, 0) is 45.0 Å². The number of carbonyl (C=O) groups is 1. The number of thiazole rings is 1. The van der Waals surface area contributed by atoms with E-state index in [2.05, 4.69) is 21.0 Å². The number of halogens is 2. The fraction of sp³-hybridized carbons (Fsp3) is 0.412. The molecule has 2 N–H and O–H groups in total. The second-order valence-corrected chi connectivity index (χ2v) is 7.72. The number of benzene rings is 1. The van der Waals surface area contributed by atoms with Gasteiger partial charge in [-0.3, -0.25) is 4.79 Å². The molecule has 1 aliphatic heterocycles. The van der Waals surface area contributed by atoms with Gasteiger partial charge in [-0.1, -0.05) is 12.1 Å². The number of rotatable bonds is 5. The molecule has 138 valence electrons. The van der Waals surface area contributed by atoms with Gasteiger partial charge in [-0.2, -0.15) is 0 Å². The van der Waals surface area contributed by atoms with E-state index in [0.29, 0.717) is 0 Å².